The van der Waals surface area contributed by atoms with Crippen LogP contribution in [0.4, 0.5) is 0 Å². The molecule has 0 aliphatic heterocycles. The molecule has 2 unspecified atom stereocenters. The Bertz CT molecular complexity index is 1960. The summed E-state index contributed by atoms with van der Waals surface area (Å²) >= 11 is 0. The largest absolute Gasteiger partial charge is 0.472 e. The fraction of sp³-hybridized carbons (Fsp3) is 0.762. The molecule has 1 N–H and O–H groups in total. The van der Waals surface area contributed by atoms with Crippen LogP contribution in [0.2, 0.25) is 0 Å². The summed E-state index contributed by atoms with van der Waals surface area (Å²) in [5.41, 5.74) is 0. The fourth-order valence-corrected chi connectivity index (χ4v) is 12.0. The molecule has 2 atom stereocenters. The highest BCUT2D eigenvalue weighted by Gasteiger charge is 2.27. The lowest BCUT2D eigenvalue weighted by atomic mass is 10.0. The molecule has 0 aromatic heterocycles. The van der Waals surface area contributed by atoms with E-state index in [9.17, 15) is 19.0 Å². The van der Waals surface area contributed by atoms with Crippen LogP contribution in [-0.4, -0.2) is 74.9 Å². The van der Waals surface area contributed by atoms with Crippen molar-refractivity contribution in [3.05, 3.63) is 109 Å². The molecular weight excluding hydrogens is 1180 g/mol. The lowest BCUT2D eigenvalue weighted by molar-refractivity contribution is -0.870. The normalized spacial score (nSPS) is 13.6. The third-order valence-electron chi connectivity index (χ3n) is 17.3. The number of unbranched alkanes of at least 4 members (excludes halogenated alkanes) is 41. The molecule has 0 aliphatic carbocycles. The van der Waals surface area contributed by atoms with Gasteiger partial charge in [0, 0.05) is 12.8 Å². The van der Waals surface area contributed by atoms with Crippen molar-refractivity contribution >= 4 is 19.8 Å². The fourth-order valence-electron chi connectivity index (χ4n) is 11.3. The summed E-state index contributed by atoms with van der Waals surface area (Å²) in [7, 11) is 1.47. The quantitative estimate of drug-likeness (QED) is 0.0211. The van der Waals surface area contributed by atoms with Crippen molar-refractivity contribution in [2.75, 3.05) is 47.5 Å². The molecule has 0 fully saturated rings. The summed E-state index contributed by atoms with van der Waals surface area (Å²) in [6, 6.07) is 0. The van der Waals surface area contributed by atoms with Crippen molar-refractivity contribution in [1.82, 2.24) is 0 Å². The van der Waals surface area contributed by atoms with E-state index in [1.54, 1.807) is 0 Å². The SMILES string of the molecule is CC/C=C\C/C=C\C/C=C\C/C=C\C/C=C\C/C=C\C/C=C\C/C=C\CCCCCCCCCCC(=O)OC(COC(=O)CCCCCCCCCCCCCCCCCCCCCCCCCCC/C=C\CCCCCCCCCC)COP(=O)(O)OCC[N+](C)(C)C. The molecule has 0 bridgehead atoms. The lowest BCUT2D eigenvalue weighted by Gasteiger charge is -2.24. The minimum absolute atomic E-state index is 0.0267. The van der Waals surface area contributed by atoms with Crippen molar-refractivity contribution in [1.29, 1.82) is 0 Å². The van der Waals surface area contributed by atoms with Gasteiger partial charge in [-0.1, -0.05) is 354 Å². The van der Waals surface area contributed by atoms with Crippen LogP contribution in [0.1, 0.15) is 361 Å². The highest BCUT2D eigenvalue weighted by Crippen LogP contribution is 2.43. The van der Waals surface area contributed by atoms with Crippen LogP contribution in [0.3, 0.4) is 0 Å². The Balaban J connectivity index is 3.99. The van der Waals surface area contributed by atoms with Gasteiger partial charge in [0.05, 0.1) is 27.7 Å². The Morgan fingerprint density at radius 3 is 0.915 bits per heavy atom. The molecular formula is C84H151NO8P+. The minimum Gasteiger partial charge on any atom is -0.462 e. The summed E-state index contributed by atoms with van der Waals surface area (Å²) < 4.78 is 34.8. The zero-order valence-corrected chi connectivity index (χ0v) is 63.1. The van der Waals surface area contributed by atoms with Crippen molar-refractivity contribution in [3.63, 3.8) is 0 Å². The van der Waals surface area contributed by atoms with E-state index < -0.39 is 26.5 Å². The topological polar surface area (TPSA) is 108 Å². The zero-order chi connectivity index (χ0) is 68.3. The number of hydrogen-bond acceptors (Lipinski definition) is 7. The van der Waals surface area contributed by atoms with Gasteiger partial charge < -0.3 is 18.9 Å². The van der Waals surface area contributed by atoms with Gasteiger partial charge in [-0.15, -0.1) is 0 Å². The molecule has 0 rings (SSSR count). The predicted octanol–water partition coefficient (Wildman–Crippen LogP) is 26.4. The lowest BCUT2D eigenvalue weighted by Crippen LogP contribution is -2.37. The van der Waals surface area contributed by atoms with Crippen LogP contribution in [-0.2, 0) is 32.7 Å². The third-order valence-corrected chi connectivity index (χ3v) is 18.3. The van der Waals surface area contributed by atoms with Gasteiger partial charge in [0.15, 0.2) is 6.10 Å². The second-order valence-corrected chi connectivity index (χ2v) is 29.2. The number of rotatable bonds is 73. The monoisotopic (exact) mass is 1330 g/mol. The van der Waals surface area contributed by atoms with Crippen LogP contribution in [0.5, 0.6) is 0 Å². The van der Waals surface area contributed by atoms with Gasteiger partial charge >= 0.3 is 19.8 Å². The molecule has 0 radical (unpaired) electrons. The number of carbonyl (C=O) groups is 2. The van der Waals surface area contributed by atoms with Gasteiger partial charge in [0.25, 0.3) is 0 Å². The smallest absolute Gasteiger partial charge is 0.462 e. The molecule has 10 heteroatoms. The first-order valence-electron chi connectivity index (χ1n) is 39.6. The number of phosphoric ester groups is 1. The predicted molar refractivity (Wildman–Crippen MR) is 408 cm³/mol. The van der Waals surface area contributed by atoms with Gasteiger partial charge in [-0.25, -0.2) is 4.57 Å². The zero-order valence-electron chi connectivity index (χ0n) is 62.2. The number of nitrogens with zero attached hydrogens (tertiary/aromatic N) is 1. The summed E-state index contributed by atoms with van der Waals surface area (Å²) in [5.74, 6) is -0.798. The molecule has 0 saturated heterocycles. The number of phosphoric acid groups is 1. The van der Waals surface area contributed by atoms with Gasteiger partial charge in [0.1, 0.15) is 19.8 Å². The molecule has 9 nitrogen and oxygen atoms in total. The standard InChI is InChI=1S/C84H150NO8P/c1-6-8-10-12-14-16-18-20-22-24-26-28-30-32-34-36-38-40-41-42-43-45-46-48-50-52-54-56-58-60-62-64-66-68-70-72-74-76-83(86)90-80-82(81-92-94(88,89)91-79-78-85(3,4)5)93-84(87)77-75-73-71-69-67-65-63-61-59-57-55-53-51-49-47-44-39-37-35-33-31-29-27-25-23-21-19-17-15-13-11-9-7-2/h9,11,15,17,21,23-24,26-27,29,33,35,39,44,49,51,55,57,82H,6-8,10,12-14,16,18-20,22,25,28,30-32,34,36-38,40-43,45-48,50,52-54,56,58-81H2,1-5H3/p+1/b11-9-,17-15-,23-21-,26-24-,29-27-,35-33-,44-39-,51-49-,57-55-. The number of quaternary nitrogens is 1. The number of allylic oxidation sites excluding steroid dienone is 18. The average Bonchev–Trinajstić information content (AvgIpc) is 1.56. The highest BCUT2D eigenvalue weighted by atomic mass is 31.2. The van der Waals surface area contributed by atoms with E-state index >= 15 is 0 Å². The Morgan fingerprint density at radius 1 is 0.340 bits per heavy atom. The maximum atomic E-state index is 12.9. The summed E-state index contributed by atoms with van der Waals surface area (Å²) in [6.45, 7) is 4.35. The van der Waals surface area contributed by atoms with E-state index in [-0.39, 0.29) is 32.0 Å². The van der Waals surface area contributed by atoms with Crippen molar-refractivity contribution in [2.24, 2.45) is 0 Å². The second-order valence-electron chi connectivity index (χ2n) is 27.7. The van der Waals surface area contributed by atoms with E-state index in [1.165, 1.54) is 231 Å². The maximum Gasteiger partial charge on any atom is 0.472 e. The number of carbonyl (C=O) groups excluding carboxylic acids is 2. The van der Waals surface area contributed by atoms with Crippen molar-refractivity contribution < 1.29 is 42.1 Å². The van der Waals surface area contributed by atoms with Crippen LogP contribution < -0.4 is 0 Å². The number of ether oxygens (including phenoxy) is 2. The Hall–Kier alpha value is -3.33. The molecule has 0 aromatic rings. The van der Waals surface area contributed by atoms with E-state index in [0.717, 1.165) is 96.3 Å². The van der Waals surface area contributed by atoms with Gasteiger partial charge in [-0.3, -0.25) is 18.6 Å². The van der Waals surface area contributed by atoms with Crippen LogP contribution in [0.25, 0.3) is 0 Å². The first kappa shape index (κ1) is 90.7. The van der Waals surface area contributed by atoms with Crippen LogP contribution in [0, 0.1) is 0 Å². The molecule has 0 saturated carbocycles. The molecule has 0 amide bonds. The summed E-state index contributed by atoms with van der Waals surface area (Å²) in [6.07, 6.45) is 105. The maximum absolute atomic E-state index is 12.9. The molecule has 94 heavy (non-hydrogen) atoms. The average molecular weight is 1330 g/mol. The van der Waals surface area contributed by atoms with E-state index in [2.05, 4.69) is 123 Å². The first-order chi connectivity index (χ1) is 46.0. The molecule has 0 aliphatic rings. The van der Waals surface area contributed by atoms with Gasteiger partial charge in [0.2, 0.25) is 0 Å². The Kier molecular flexibility index (Phi) is 71.3. The number of hydrogen-bond donors (Lipinski definition) is 1. The molecule has 544 valence electrons. The third kappa shape index (κ3) is 77.7. The second kappa shape index (κ2) is 73.9. The van der Waals surface area contributed by atoms with E-state index in [4.69, 9.17) is 18.5 Å². The van der Waals surface area contributed by atoms with Crippen LogP contribution >= 0.6 is 7.82 Å². The van der Waals surface area contributed by atoms with E-state index in [0.29, 0.717) is 17.4 Å². The summed E-state index contributed by atoms with van der Waals surface area (Å²) in [4.78, 5) is 36.0. The molecule has 0 spiro atoms. The van der Waals surface area contributed by atoms with Crippen LogP contribution in [0.15, 0.2) is 109 Å². The van der Waals surface area contributed by atoms with Gasteiger partial charge in [-0.05, 0) is 103 Å². The Labute approximate surface area is 582 Å². The summed E-state index contributed by atoms with van der Waals surface area (Å²) in [5, 5.41) is 0. The Morgan fingerprint density at radius 2 is 0.606 bits per heavy atom. The first-order valence-corrected chi connectivity index (χ1v) is 41.1. The van der Waals surface area contributed by atoms with Gasteiger partial charge in [-0.2, -0.15) is 0 Å². The minimum atomic E-state index is -4.40. The number of esters is 2. The highest BCUT2D eigenvalue weighted by molar-refractivity contribution is 7.47. The van der Waals surface area contributed by atoms with Crippen molar-refractivity contribution in [3.8, 4) is 0 Å². The van der Waals surface area contributed by atoms with E-state index in [1.807, 2.05) is 21.1 Å². The van der Waals surface area contributed by atoms with Crippen molar-refractivity contribution in [2.45, 2.75) is 367 Å². The number of likely N-dealkylation sites (N-methyl/N-ethyl adjacent to an activating group) is 1. The molecule has 0 heterocycles. The molecule has 0 aromatic carbocycles.